The summed E-state index contributed by atoms with van der Waals surface area (Å²) in [6.45, 7) is 9.02. The van der Waals surface area contributed by atoms with Gasteiger partial charge in [0.2, 0.25) is 5.91 Å². The van der Waals surface area contributed by atoms with Gasteiger partial charge in [0.25, 0.3) is 5.91 Å². The van der Waals surface area contributed by atoms with Crippen molar-refractivity contribution in [3.8, 4) is 5.75 Å². The first-order valence-corrected chi connectivity index (χ1v) is 9.77. The maximum Gasteiger partial charge on any atom is 0.251 e. The molecule has 3 N–H and O–H groups in total. The van der Waals surface area contributed by atoms with Gasteiger partial charge in [0.15, 0.2) is 0 Å². The number of hydrogen-bond donors (Lipinski definition) is 3. The first kappa shape index (κ1) is 22.0. The fraction of sp³-hybridized carbons (Fsp3) is 0.304. The highest BCUT2D eigenvalue weighted by Gasteiger charge is 2.07. The van der Waals surface area contributed by atoms with E-state index < -0.39 is 0 Å². The molecular weight excluding hydrogens is 366 g/mol. The zero-order valence-electron chi connectivity index (χ0n) is 17.1. The quantitative estimate of drug-likeness (QED) is 0.393. The summed E-state index contributed by atoms with van der Waals surface area (Å²) < 4.78 is 5.60. The number of rotatable bonds is 11. The van der Waals surface area contributed by atoms with Crippen molar-refractivity contribution >= 4 is 23.2 Å². The Morgan fingerprint density at radius 1 is 1.07 bits per heavy atom. The van der Waals surface area contributed by atoms with E-state index >= 15 is 0 Å². The van der Waals surface area contributed by atoms with Gasteiger partial charge < -0.3 is 20.7 Å². The first-order valence-electron chi connectivity index (χ1n) is 9.77. The summed E-state index contributed by atoms with van der Waals surface area (Å²) in [7, 11) is 0. The molecule has 2 amide bonds. The standard InChI is InChI=1S/C23H29N3O3/c1-4-5-13-24-23(28)18-9-11-19(12-10-18)26-22(27)15-25-20-7-6-8-21(14-20)29-16-17(2)3/h6-12,14,25H,2,4-5,13,15-16H2,1,3H3,(H,24,28)(H,26,27). The second-order valence-corrected chi connectivity index (χ2v) is 6.86. The van der Waals surface area contributed by atoms with Crippen LogP contribution in [0.15, 0.2) is 60.7 Å². The van der Waals surface area contributed by atoms with Crippen molar-refractivity contribution in [2.45, 2.75) is 26.7 Å². The van der Waals surface area contributed by atoms with Gasteiger partial charge in [-0.05, 0) is 55.3 Å². The molecule has 0 saturated heterocycles. The van der Waals surface area contributed by atoms with Gasteiger partial charge in [-0.25, -0.2) is 0 Å². The van der Waals surface area contributed by atoms with E-state index in [0.717, 1.165) is 24.1 Å². The van der Waals surface area contributed by atoms with Crippen LogP contribution in [0.2, 0.25) is 0 Å². The Hall–Kier alpha value is -3.28. The number of hydrogen-bond acceptors (Lipinski definition) is 4. The molecule has 0 aliphatic carbocycles. The van der Waals surface area contributed by atoms with Crippen molar-refractivity contribution in [1.29, 1.82) is 0 Å². The minimum absolute atomic E-state index is 0.105. The molecule has 29 heavy (non-hydrogen) atoms. The van der Waals surface area contributed by atoms with Gasteiger partial charge in [0.1, 0.15) is 12.4 Å². The number of ether oxygens (including phenoxy) is 1. The Morgan fingerprint density at radius 2 is 1.83 bits per heavy atom. The molecule has 0 atom stereocenters. The smallest absolute Gasteiger partial charge is 0.251 e. The van der Waals surface area contributed by atoms with Crippen molar-refractivity contribution in [3.63, 3.8) is 0 Å². The number of amides is 2. The Kier molecular flexibility index (Phi) is 8.76. The van der Waals surface area contributed by atoms with Gasteiger partial charge in [-0.3, -0.25) is 9.59 Å². The Balaban J connectivity index is 1.81. The zero-order valence-corrected chi connectivity index (χ0v) is 17.1. The van der Waals surface area contributed by atoms with Crippen molar-refractivity contribution in [3.05, 3.63) is 66.2 Å². The monoisotopic (exact) mass is 395 g/mol. The molecular formula is C23H29N3O3. The van der Waals surface area contributed by atoms with Crippen LogP contribution in [-0.2, 0) is 4.79 Å². The summed E-state index contributed by atoms with van der Waals surface area (Å²) in [6.07, 6.45) is 1.99. The van der Waals surface area contributed by atoms with E-state index in [4.69, 9.17) is 4.74 Å². The lowest BCUT2D eigenvalue weighted by Crippen LogP contribution is -2.24. The SMILES string of the molecule is C=C(C)COc1cccc(NCC(=O)Nc2ccc(C(=O)NCCCC)cc2)c1. The summed E-state index contributed by atoms with van der Waals surface area (Å²) in [5.41, 5.74) is 2.94. The fourth-order valence-corrected chi connectivity index (χ4v) is 2.48. The summed E-state index contributed by atoms with van der Waals surface area (Å²) in [5.74, 6) is 0.427. The van der Waals surface area contributed by atoms with E-state index in [9.17, 15) is 9.59 Å². The van der Waals surface area contributed by atoms with Crippen LogP contribution < -0.4 is 20.7 Å². The van der Waals surface area contributed by atoms with Crippen LogP contribution in [0.4, 0.5) is 11.4 Å². The fourth-order valence-electron chi connectivity index (χ4n) is 2.48. The number of nitrogens with one attached hydrogen (secondary N) is 3. The average Bonchev–Trinajstić information content (AvgIpc) is 2.72. The molecule has 0 aliphatic rings. The largest absolute Gasteiger partial charge is 0.489 e. The highest BCUT2D eigenvalue weighted by atomic mass is 16.5. The molecule has 6 nitrogen and oxygen atoms in total. The van der Waals surface area contributed by atoms with Gasteiger partial charge in [-0.2, -0.15) is 0 Å². The van der Waals surface area contributed by atoms with Crippen LogP contribution in [0, 0.1) is 0 Å². The van der Waals surface area contributed by atoms with Crippen molar-refractivity contribution in [2.75, 3.05) is 30.3 Å². The summed E-state index contributed by atoms with van der Waals surface area (Å²) in [4.78, 5) is 24.2. The number of unbranched alkanes of at least 4 members (excludes halogenated alkanes) is 1. The lowest BCUT2D eigenvalue weighted by atomic mass is 10.2. The second-order valence-electron chi connectivity index (χ2n) is 6.86. The highest BCUT2D eigenvalue weighted by molar-refractivity contribution is 5.96. The molecule has 0 fully saturated rings. The Labute approximate surface area is 172 Å². The third kappa shape index (κ3) is 8.09. The molecule has 2 aromatic rings. The maximum atomic E-state index is 12.2. The molecule has 0 aliphatic heterocycles. The minimum atomic E-state index is -0.182. The molecule has 0 radical (unpaired) electrons. The highest BCUT2D eigenvalue weighted by Crippen LogP contribution is 2.18. The molecule has 6 heteroatoms. The van der Waals surface area contributed by atoms with Crippen LogP contribution in [0.25, 0.3) is 0 Å². The topological polar surface area (TPSA) is 79.5 Å². The lowest BCUT2D eigenvalue weighted by Gasteiger charge is -2.11. The van der Waals surface area contributed by atoms with E-state index in [-0.39, 0.29) is 18.4 Å². The molecule has 0 saturated carbocycles. The third-order valence-electron chi connectivity index (χ3n) is 4.02. The molecule has 0 unspecified atom stereocenters. The van der Waals surface area contributed by atoms with Crippen LogP contribution in [0.5, 0.6) is 5.75 Å². The molecule has 2 rings (SSSR count). The van der Waals surface area contributed by atoms with E-state index in [1.165, 1.54) is 0 Å². The number of carbonyl (C=O) groups excluding carboxylic acids is 2. The van der Waals surface area contributed by atoms with Gasteiger partial charge >= 0.3 is 0 Å². The van der Waals surface area contributed by atoms with Gasteiger partial charge in [-0.1, -0.05) is 26.0 Å². The predicted molar refractivity (Wildman–Crippen MR) is 118 cm³/mol. The van der Waals surface area contributed by atoms with Crippen molar-refractivity contribution in [2.24, 2.45) is 0 Å². The van der Waals surface area contributed by atoms with Crippen LogP contribution in [0.1, 0.15) is 37.0 Å². The van der Waals surface area contributed by atoms with Crippen molar-refractivity contribution in [1.82, 2.24) is 5.32 Å². The molecule has 0 bridgehead atoms. The van der Waals surface area contributed by atoms with E-state index in [1.54, 1.807) is 24.3 Å². The van der Waals surface area contributed by atoms with Gasteiger partial charge in [0, 0.05) is 29.5 Å². The van der Waals surface area contributed by atoms with E-state index in [2.05, 4.69) is 29.5 Å². The van der Waals surface area contributed by atoms with Crippen molar-refractivity contribution < 1.29 is 14.3 Å². The van der Waals surface area contributed by atoms with Gasteiger partial charge in [-0.15, -0.1) is 0 Å². The van der Waals surface area contributed by atoms with Crippen LogP contribution >= 0.6 is 0 Å². The molecule has 0 aromatic heterocycles. The van der Waals surface area contributed by atoms with Crippen LogP contribution in [0.3, 0.4) is 0 Å². The third-order valence-corrected chi connectivity index (χ3v) is 4.02. The second kappa shape index (κ2) is 11.5. The summed E-state index contributed by atoms with van der Waals surface area (Å²) >= 11 is 0. The maximum absolute atomic E-state index is 12.2. The number of carbonyl (C=O) groups is 2. The molecule has 2 aromatic carbocycles. The molecule has 0 spiro atoms. The minimum Gasteiger partial charge on any atom is -0.489 e. The van der Waals surface area contributed by atoms with Crippen LogP contribution in [-0.4, -0.2) is 31.5 Å². The number of anilines is 2. The average molecular weight is 396 g/mol. The predicted octanol–water partition coefficient (Wildman–Crippen LogP) is 4.22. The summed E-state index contributed by atoms with van der Waals surface area (Å²) in [5, 5.41) is 8.75. The lowest BCUT2D eigenvalue weighted by molar-refractivity contribution is -0.114. The first-order chi connectivity index (χ1) is 14.0. The zero-order chi connectivity index (χ0) is 21.1. The summed E-state index contributed by atoms with van der Waals surface area (Å²) in [6, 6.07) is 14.3. The van der Waals surface area contributed by atoms with E-state index in [0.29, 0.717) is 30.2 Å². The van der Waals surface area contributed by atoms with E-state index in [1.807, 2.05) is 31.2 Å². The number of benzene rings is 2. The Morgan fingerprint density at radius 3 is 2.52 bits per heavy atom. The Bertz CT molecular complexity index is 832. The molecule has 154 valence electrons. The molecule has 0 heterocycles. The van der Waals surface area contributed by atoms with Gasteiger partial charge in [0.05, 0.1) is 6.54 Å². The normalized spacial score (nSPS) is 10.1.